The summed E-state index contributed by atoms with van der Waals surface area (Å²) < 4.78 is 0. The van der Waals surface area contributed by atoms with E-state index in [2.05, 4.69) is 243 Å². The highest BCUT2D eigenvalue weighted by atomic mass is 14.2. The van der Waals surface area contributed by atoms with Gasteiger partial charge in [0.2, 0.25) is 0 Å². The average Bonchev–Trinajstić information content (AvgIpc) is 3.30. The van der Waals surface area contributed by atoms with Crippen molar-refractivity contribution in [3.8, 4) is 33.4 Å². The van der Waals surface area contributed by atoms with E-state index in [0.717, 1.165) is 0 Å². The van der Waals surface area contributed by atoms with Crippen LogP contribution in [0, 0.1) is 0 Å². The quantitative estimate of drug-likeness (QED) is 0.102. The molecule has 0 saturated carbocycles. The van der Waals surface area contributed by atoms with E-state index in [1.807, 2.05) is 0 Å². The van der Waals surface area contributed by atoms with Gasteiger partial charge < -0.3 is 0 Å². The Morgan fingerprint density at radius 2 is 0.517 bits per heavy atom. The van der Waals surface area contributed by atoms with Crippen molar-refractivity contribution in [3.05, 3.63) is 276 Å². The lowest BCUT2D eigenvalue weighted by atomic mass is 9.81. The molecular formula is C58H42. The van der Waals surface area contributed by atoms with E-state index in [4.69, 9.17) is 0 Å². The third kappa shape index (κ3) is 6.70. The normalized spacial score (nSPS) is 11.9. The van der Waals surface area contributed by atoms with Crippen LogP contribution in [0.4, 0.5) is 0 Å². The van der Waals surface area contributed by atoms with Crippen molar-refractivity contribution in [2.75, 3.05) is 0 Å². The summed E-state index contributed by atoms with van der Waals surface area (Å²) in [5.41, 5.74) is 15.1. The Hall–Kier alpha value is -7.28. The monoisotopic (exact) mass is 738 g/mol. The van der Waals surface area contributed by atoms with Crippen LogP contribution in [0.2, 0.25) is 0 Å². The van der Waals surface area contributed by atoms with Gasteiger partial charge in [0, 0.05) is 11.8 Å². The molecule has 0 spiro atoms. The van der Waals surface area contributed by atoms with Crippen molar-refractivity contribution >= 4 is 21.5 Å². The summed E-state index contributed by atoms with van der Waals surface area (Å²) in [5, 5.41) is 5.05. The topological polar surface area (TPSA) is 0 Å². The molecule has 0 N–H and O–H groups in total. The maximum Gasteiger partial charge on any atom is 0.0340 e. The largest absolute Gasteiger partial charge is 0.0622 e. The van der Waals surface area contributed by atoms with Crippen molar-refractivity contribution in [2.24, 2.45) is 0 Å². The molecule has 1 unspecified atom stereocenters. The van der Waals surface area contributed by atoms with Gasteiger partial charge in [-0.25, -0.2) is 0 Å². The van der Waals surface area contributed by atoms with E-state index in [1.54, 1.807) is 0 Å². The fraction of sp³-hybridized carbons (Fsp3) is 0.0345. The van der Waals surface area contributed by atoms with Gasteiger partial charge in [0.15, 0.2) is 0 Å². The van der Waals surface area contributed by atoms with E-state index in [1.165, 1.54) is 88.3 Å². The Morgan fingerprint density at radius 1 is 0.190 bits per heavy atom. The van der Waals surface area contributed by atoms with Gasteiger partial charge in [-0.2, -0.15) is 0 Å². The minimum atomic E-state index is 0.0658. The van der Waals surface area contributed by atoms with Gasteiger partial charge >= 0.3 is 0 Å². The van der Waals surface area contributed by atoms with Crippen LogP contribution in [0.5, 0.6) is 0 Å². The predicted molar refractivity (Wildman–Crippen MR) is 245 cm³/mol. The number of fused-ring (bicyclic) bond motifs is 2. The molecule has 0 heterocycles. The predicted octanol–water partition coefficient (Wildman–Crippen LogP) is 15.4. The van der Waals surface area contributed by atoms with Crippen molar-refractivity contribution in [1.29, 1.82) is 0 Å². The number of benzene rings is 10. The van der Waals surface area contributed by atoms with Crippen LogP contribution in [-0.2, 0) is 0 Å². The van der Waals surface area contributed by atoms with E-state index in [9.17, 15) is 0 Å². The van der Waals surface area contributed by atoms with E-state index < -0.39 is 0 Å². The van der Waals surface area contributed by atoms with Crippen LogP contribution in [-0.4, -0.2) is 0 Å². The summed E-state index contributed by atoms with van der Waals surface area (Å²) >= 11 is 0. The minimum absolute atomic E-state index is 0.0658. The van der Waals surface area contributed by atoms with Crippen LogP contribution in [0.3, 0.4) is 0 Å². The van der Waals surface area contributed by atoms with E-state index in [0.29, 0.717) is 0 Å². The first kappa shape index (κ1) is 35.2. The van der Waals surface area contributed by atoms with E-state index in [-0.39, 0.29) is 11.8 Å². The van der Waals surface area contributed by atoms with Crippen molar-refractivity contribution in [2.45, 2.75) is 11.8 Å². The SMILES string of the molecule is c1ccc(-c2c3ccccc3c(-c3ccccc3)c3cc(-c4cccc(C(c5ccccc5)c5ccc(C(c6ccccc6)c6ccccc6)cc5)c4)ccc23)cc1. The van der Waals surface area contributed by atoms with Crippen LogP contribution < -0.4 is 0 Å². The lowest BCUT2D eigenvalue weighted by Crippen LogP contribution is -2.06. The number of hydrogen-bond acceptors (Lipinski definition) is 0. The standard InChI is InChI=1S/C58H42/c1-6-19-41(20-7-1)55(42-21-8-2-9-22-42)46-33-35-47(36-34-46)56(43-23-10-3-11-24-43)50-30-18-29-48(39-50)49-37-38-53-54(40-49)58(45-27-14-5-15-28-45)52-32-17-16-31-51(52)57(53)44-25-12-4-13-26-44/h1-40,55-56H. The molecule has 10 aromatic carbocycles. The lowest BCUT2D eigenvalue weighted by Gasteiger charge is -2.23. The second-order valence-electron chi connectivity index (χ2n) is 15.2. The highest BCUT2D eigenvalue weighted by molar-refractivity contribution is 6.21. The van der Waals surface area contributed by atoms with Gasteiger partial charge in [-0.15, -0.1) is 0 Å². The Labute approximate surface area is 341 Å². The Balaban J connectivity index is 1.11. The van der Waals surface area contributed by atoms with Crippen LogP contribution in [0.1, 0.15) is 45.2 Å². The maximum absolute atomic E-state index is 2.43. The molecule has 10 aromatic rings. The molecule has 0 aliphatic rings. The molecule has 0 saturated heterocycles. The molecule has 0 heteroatoms. The van der Waals surface area contributed by atoms with E-state index >= 15 is 0 Å². The second-order valence-corrected chi connectivity index (χ2v) is 15.2. The first-order chi connectivity index (χ1) is 28.8. The van der Waals surface area contributed by atoms with Gasteiger partial charge in [0.25, 0.3) is 0 Å². The van der Waals surface area contributed by atoms with Crippen LogP contribution in [0.25, 0.3) is 54.9 Å². The Morgan fingerprint density at radius 3 is 1.00 bits per heavy atom. The van der Waals surface area contributed by atoms with Crippen molar-refractivity contribution in [3.63, 3.8) is 0 Å². The summed E-state index contributed by atoms with van der Waals surface area (Å²) in [6.07, 6.45) is 0. The fourth-order valence-corrected chi connectivity index (χ4v) is 9.06. The zero-order valence-electron chi connectivity index (χ0n) is 32.2. The molecule has 58 heavy (non-hydrogen) atoms. The molecule has 10 rings (SSSR count). The highest BCUT2D eigenvalue weighted by Crippen LogP contribution is 2.45. The Bertz CT molecular complexity index is 2910. The number of rotatable bonds is 9. The molecule has 0 aliphatic carbocycles. The summed E-state index contributed by atoms with van der Waals surface area (Å²) in [5.74, 6) is 0.222. The molecule has 0 bridgehead atoms. The summed E-state index contributed by atoms with van der Waals surface area (Å²) in [7, 11) is 0. The molecule has 1 atom stereocenters. The van der Waals surface area contributed by atoms with Gasteiger partial charge in [0.1, 0.15) is 0 Å². The minimum Gasteiger partial charge on any atom is -0.0622 e. The third-order valence-corrected chi connectivity index (χ3v) is 11.7. The first-order valence-corrected chi connectivity index (χ1v) is 20.2. The van der Waals surface area contributed by atoms with Crippen LogP contribution >= 0.6 is 0 Å². The molecule has 0 aliphatic heterocycles. The first-order valence-electron chi connectivity index (χ1n) is 20.2. The summed E-state index contributed by atoms with van der Waals surface area (Å²) in [6, 6.07) is 88.9. The molecule has 0 aromatic heterocycles. The molecule has 0 nitrogen and oxygen atoms in total. The third-order valence-electron chi connectivity index (χ3n) is 11.7. The van der Waals surface area contributed by atoms with Gasteiger partial charge in [-0.3, -0.25) is 0 Å². The van der Waals surface area contributed by atoms with Gasteiger partial charge in [-0.1, -0.05) is 237 Å². The zero-order chi connectivity index (χ0) is 38.7. The zero-order valence-corrected chi connectivity index (χ0v) is 32.2. The summed E-state index contributed by atoms with van der Waals surface area (Å²) in [4.78, 5) is 0. The number of hydrogen-bond donors (Lipinski definition) is 0. The van der Waals surface area contributed by atoms with Crippen molar-refractivity contribution in [1.82, 2.24) is 0 Å². The molecular weight excluding hydrogens is 697 g/mol. The molecule has 0 radical (unpaired) electrons. The highest BCUT2D eigenvalue weighted by Gasteiger charge is 2.22. The second kappa shape index (κ2) is 15.7. The lowest BCUT2D eigenvalue weighted by molar-refractivity contribution is 0.951. The average molecular weight is 739 g/mol. The molecule has 0 amide bonds. The Kier molecular flexibility index (Phi) is 9.51. The van der Waals surface area contributed by atoms with Crippen molar-refractivity contribution < 1.29 is 0 Å². The summed E-state index contributed by atoms with van der Waals surface area (Å²) in [6.45, 7) is 0. The van der Waals surface area contributed by atoms with Gasteiger partial charge in [0.05, 0.1) is 0 Å². The van der Waals surface area contributed by atoms with Crippen LogP contribution in [0.15, 0.2) is 243 Å². The molecule has 0 fully saturated rings. The maximum atomic E-state index is 2.43. The molecule has 274 valence electrons. The fourth-order valence-electron chi connectivity index (χ4n) is 9.06. The smallest absolute Gasteiger partial charge is 0.0340 e. The van der Waals surface area contributed by atoms with Gasteiger partial charge in [-0.05, 0) is 94.4 Å².